The quantitative estimate of drug-likeness (QED) is 0.819. The molecule has 2 heterocycles. The number of thiazole rings is 1. The summed E-state index contributed by atoms with van der Waals surface area (Å²) in [5.41, 5.74) is 6.69. The van der Waals surface area contributed by atoms with E-state index in [1.807, 2.05) is 19.2 Å². The number of nitrogens with zero attached hydrogens (tertiary/aromatic N) is 3. The third kappa shape index (κ3) is 2.60. The van der Waals surface area contributed by atoms with Gasteiger partial charge in [0.2, 0.25) is 0 Å². The Bertz CT molecular complexity index is 426. The van der Waals surface area contributed by atoms with E-state index in [1.165, 1.54) is 6.33 Å². The molecule has 3 N–H and O–H groups in total. The molecule has 5 nitrogen and oxygen atoms in total. The van der Waals surface area contributed by atoms with Gasteiger partial charge in [-0.15, -0.1) is 11.3 Å². The molecule has 6 heteroatoms. The van der Waals surface area contributed by atoms with Crippen molar-refractivity contribution >= 4 is 11.3 Å². The van der Waals surface area contributed by atoms with E-state index in [1.54, 1.807) is 11.3 Å². The van der Waals surface area contributed by atoms with Gasteiger partial charge in [0, 0.05) is 17.3 Å². The zero-order valence-corrected chi connectivity index (χ0v) is 9.51. The molecule has 15 heavy (non-hydrogen) atoms. The lowest BCUT2D eigenvalue weighted by atomic mass is 10.0. The fourth-order valence-electron chi connectivity index (χ4n) is 1.27. The molecule has 80 valence electrons. The molecule has 0 saturated heterocycles. The topological polar surface area (TPSA) is 80.5 Å². The predicted molar refractivity (Wildman–Crippen MR) is 59.5 cm³/mol. The first kappa shape index (κ1) is 10.3. The molecule has 0 aliphatic rings. The van der Waals surface area contributed by atoms with Crippen LogP contribution in [-0.2, 0) is 6.42 Å². The molecule has 0 aliphatic heterocycles. The van der Waals surface area contributed by atoms with Crippen molar-refractivity contribution in [2.75, 3.05) is 0 Å². The number of nitrogens with two attached hydrogens (primary N) is 1. The lowest BCUT2D eigenvalue weighted by Gasteiger charge is -2.15. The Morgan fingerprint density at radius 1 is 1.53 bits per heavy atom. The van der Waals surface area contributed by atoms with E-state index in [-0.39, 0.29) is 5.54 Å². The van der Waals surface area contributed by atoms with Crippen LogP contribution in [-0.4, -0.2) is 25.7 Å². The van der Waals surface area contributed by atoms with Crippen molar-refractivity contribution < 1.29 is 0 Å². The second-order valence-corrected chi connectivity index (χ2v) is 5.00. The summed E-state index contributed by atoms with van der Waals surface area (Å²) in [5, 5.41) is 9.43. The van der Waals surface area contributed by atoms with Gasteiger partial charge in [-0.1, -0.05) is 0 Å². The van der Waals surface area contributed by atoms with Crippen molar-refractivity contribution in [2.24, 2.45) is 5.73 Å². The normalized spacial score (nSPS) is 11.9. The molecule has 0 atom stereocenters. The van der Waals surface area contributed by atoms with Crippen molar-refractivity contribution in [3.63, 3.8) is 0 Å². The molecule has 0 saturated carbocycles. The molecule has 0 fully saturated rings. The smallest absolute Gasteiger partial charge is 0.184 e. The van der Waals surface area contributed by atoms with Crippen molar-refractivity contribution in [1.29, 1.82) is 0 Å². The largest absolute Gasteiger partial charge is 0.325 e. The van der Waals surface area contributed by atoms with E-state index in [0.717, 1.165) is 17.1 Å². The van der Waals surface area contributed by atoms with Crippen LogP contribution >= 0.6 is 11.3 Å². The molecule has 0 aliphatic carbocycles. The first-order valence-electron chi connectivity index (χ1n) is 4.64. The molecule has 2 aromatic rings. The Labute approximate surface area is 91.8 Å². The Hall–Kier alpha value is -1.27. The molecular weight excluding hydrogens is 210 g/mol. The monoisotopic (exact) mass is 223 g/mol. The van der Waals surface area contributed by atoms with Gasteiger partial charge in [-0.25, -0.2) is 9.97 Å². The second kappa shape index (κ2) is 3.71. The van der Waals surface area contributed by atoms with E-state index in [4.69, 9.17) is 5.73 Å². The van der Waals surface area contributed by atoms with Crippen molar-refractivity contribution in [3.8, 4) is 10.8 Å². The van der Waals surface area contributed by atoms with Gasteiger partial charge in [0.15, 0.2) is 10.8 Å². The number of H-pyrrole nitrogens is 1. The predicted octanol–water partition coefficient (Wildman–Crippen LogP) is 1.21. The molecule has 0 bridgehead atoms. The molecule has 2 rings (SSSR count). The molecule has 0 aromatic carbocycles. The van der Waals surface area contributed by atoms with Gasteiger partial charge in [0.1, 0.15) is 6.33 Å². The van der Waals surface area contributed by atoms with E-state index in [2.05, 4.69) is 20.2 Å². The van der Waals surface area contributed by atoms with Gasteiger partial charge >= 0.3 is 0 Å². The number of aromatic amines is 1. The summed E-state index contributed by atoms with van der Waals surface area (Å²) in [7, 11) is 0. The van der Waals surface area contributed by atoms with Crippen LogP contribution in [0.15, 0.2) is 11.7 Å². The van der Waals surface area contributed by atoms with E-state index >= 15 is 0 Å². The Kier molecular flexibility index (Phi) is 2.54. The van der Waals surface area contributed by atoms with Crippen molar-refractivity contribution in [3.05, 3.63) is 17.4 Å². The van der Waals surface area contributed by atoms with Crippen LogP contribution in [0.4, 0.5) is 0 Å². The molecule has 0 amide bonds. The maximum Gasteiger partial charge on any atom is 0.184 e. The maximum atomic E-state index is 5.92. The number of hydrogen-bond donors (Lipinski definition) is 2. The fourth-order valence-corrected chi connectivity index (χ4v) is 2.04. The number of hydrogen-bond acceptors (Lipinski definition) is 5. The van der Waals surface area contributed by atoms with Crippen LogP contribution in [0.3, 0.4) is 0 Å². The zero-order chi connectivity index (χ0) is 10.9. The highest BCUT2D eigenvalue weighted by atomic mass is 32.1. The van der Waals surface area contributed by atoms with Crippen LogP contribution < -0.4 is 5.73 Å². The van der Waals surface area contributed by atoms with Gasteiger partial charge in [0.05, 0.1) is 5.69 Å². The first-order chi connectivity index (χ1) is 7.04. The number of aromatic nitrogens is 4. The van der Waals surface area contributed by atoms with Crippen LogP contribution in [0.2, 0.25) is 0 Å². The van der Waals surface area contributed by atoms with E-state index < -0.39 is 0 Å². The average Bonchev–Trinajstić information content (AvgIpc) is 2.68. The van der Waals surface area contributed by atoms with Gasteiger partial charge in [-0.2, -0.15) is 5.10 Å². The Morgan fingerprint density at radius 2 is 2.33 bits per heavy atom. The van der Waals surface area contributed by atoms with Crippen LogP contribution in [0.5, 0.6) is 0 Å². The summed E-state index contributed by atoms with van der Waals surface area (Å²) in [6.45, 7) is 3.97. The SMILES string of the molecule is CC(C)(N)Cc1csc(-c2ncn[nH]2)n1. The summed E-state index contributed by atoms with van der Waals surface area (Å²) >= 11 is 1.55. The lowest BCUT2D eigenvalue weighted by molar-refractivity contribution is 0.511. The minimum Gasteiger partial charge on any atom is -0.325 e. The minimum atomic E-state index is -0.229. The van der Waals surface area contributed by atoms with Gasteiger partial charge in [-0.3, -0.25) is 5.10 Å². The van der Waals surface area contributed by atoms with Crippen molar-refractivity contribution in [2.45, 2.75) is 25.8 Å². The Morgan fingerprint density at radius 3 is 2.93 bits per heavy atom. The molecule has 0 unspecified atom stereocenters. The molecular formula is C9H13N5S. The van der Waals surface area contributed by atoms with Crippen LogP contribution in [0.25, 0.3) is 10.8 Å². The number of rotatable bonds is 3. The summed E-state index contributed by atoms with van der Waals surface area (Å²) in [4.78, 5) is 8.49. The van der Waals surface area contributed by atoms with Crippen LogP contribution in [0, 0.1) is 0 Å². The summed E-state index contributed by atoms with van der Waals surface area (Å²) in [6, 6.07) is 0. The second-order valence-electron chi connectivity index (χ2n) is 4.14. The highest BCUT2D eigenvalue weighted by Crippen LogP contribution is 2.21. The van der Waals surface area contributed by atoms with Crippen LogP contribution in [0.1, 0.15) is 19.5 Å². The van der Waals surface area contributed by atoms with Gasteiger partial charge in [-0.05, 0) is 13.8 Å². The average molecular weight is 223 g/mol. The molecule has 0 radical (unpaired) electrons. The summed E-state index contributed by atoms with van der Waals surface area (Å²) in [6.07, 6.45) is 2.24. The molecule has 2 aromatic heterocycles. The highest BCUT2D eigenvalue weighted by Gasteiger charge is 2.15. The highest BCUT2D eigenvalue weighted by molar-refractivity contribution is 7.13. The van der Waals surface area contributed by atoms with E-state index in [9.17, 15) is 0 Å². The molecule has 0 spiro atoms. The minimum absolute atomic E-state index is 0.229. The fraction of sp³-hybridized carbons (Fsp3) is 0.444. The number of nitrogens with one attached hydrogen (secondary N) is 1. The van der Waals surface area contributed by atoms with E-state index in [0.29, 0.717) is 5.82 Å². The summed E-state index contributed by atoms with van der Waals surface area (Å²) in [5.74, 6) is 0.709. The zero-order valence-electron chi connectivity index (χ0n) is 8.69. The third-order valence-corrected chi connectivity index (χ3v) is 2.70. The standard InChI is InChI=1S/C9H13N5S/c1-9(2,10)3-6-4-15-8(13-6)7-11-5-12-14-7/h4-5H,3,10H2,1-2H3,(H,11,12,14). The van der Waals surface area contributed by atoms with Crippen molar-refractivity contribution in [1.82, 2.24) is 20.2 Å². The van der Waals surface area contributed by atoms with Gasteiger partial charge in [0.25, 0.3) is 0 Å². The Balaban J connectivity index is 2.18. The lowest BCUT2D eigenvalue weighted by Crippen LogP contribution is -2.34. The first-order valence-corrected chi connectivity index (χ1v) is 5.51. The van der Waals surface area contributed by atoms with Gasteiger partial charge < -0.3 is 5.73 Å². The maximum absolute atomic E-state index is 5.92. The third-order valence-electron chi connectivity index (χ3n) is 1.81. The summed E-state index contributed by atoms with van der Waals surface area (Å²) < 4.78 is 0.